The van der Waals surface area contributed by atoms with E-state index in [0.717, 1.165) is 41.9 Å². The van der Waals surface area contributed by atoms with E-state index in [1.165, 1.54) is 12.1 Å². The van der Waals surface area contributed by atoms with Gasteiger partial charge in [0.15, 0.2) is 0 Å². The van der Waals surface area contributed by atoms with Crippen LogP contribution >= 0.6 is 11.3 Å². The molecule has 0 aliphatic carbocycles. The number of halogens is 1. The van der Waals surface area contributed by atoms with E-state index in [4.69, 9.17) is 5.26 Å². The monoisotopic (exact) mass is 533 g/mol. The van der Waals surface area contributed by atoms with Gasteiger partial charge in [-0.1, -0.05) is 12.1 Å². The van der Waals surface area contributed by atoms with Crippen molar-refractivity contribution < 1.29 is 14.0 Å². The molecule has 3 amide bonds. The lowest BCUT2D eigenvalue weighted by Gasteiger charge is -2.29. The molecular formula is C29H32FN5O2S. The van der Waals surface area contributed by atoms with Crippen molar-refractivity contribution in [1.29, 1.82) is 5.26 Å². The zero-order chi connectivity index (χ0) is 26.9. The predicted octanol–water partition coefficient (Wildman–Crippen LogP) is 5.23. The fraction of sp³-hybridized carbons (Fsp3) is 0.345. The molecule has 0 spiro atoms. The summed E-state index contributed by atoms with van der Waals surface area (Å²) >= 11 is 1.59. The van der Waals surface area contributed by atoms with Crippen molar-refractivity contribution in [2.24, 2.45) is 0 Å². The third-order valence-corrected chi connectivity index (χ3v) is 7.71. The first kappa shape index (κ1) is 27.3. The fourth-order valence-electron chi connectivity index (χ4n) is 4.40. The van der Waals surface area contributed by atoms with Crippen LogP contribution in [0.3, 0.4) is 0 Å². The molecule has 0 radical (unpaired) electrons. The maximum atomic E-state index is 13.7. The molecule has 1 aliphatic heterocycles. The second-order valence-electron chi connectivity index (χ2n) is 9.49. The van der Waals surface area contributed by atoms with Gasteiger partial charge in [0, 0.05) is 30.2 Å². The molecule has 1 aromatic heterocycles. The van der Waals surface area contributed by atoms with Gasteiger partial charge in [-0.05, 0) is 91.8 Å². The quantitative estimate of drug-likeness (QED) is 0.387. The summed E-state index contributed by atoms with van der Waals surface area (Å²) in [6.07, 6.45) is 2.28. The second-order valence-corrected chi connectivity index (χ2v) is 10.5. The number of hydrogen-bond acceptors (Lipinski definition) is 5. The third-order valence-electron chi connectivity index (χ3n) is 6.71. The molecule has 1 N–H and O–H groups in total. The van der Waals surface area contributed by atoms with Crippen LogP contribution in [-0.2, 0) is 17.9 Å². The van der Waals surface area contributed by atoms with Crippen LogP contribution in [0.2, 0.25) is 0 Å². The van der Waals surface area contributed by atoms with Gasteiger partial charge >= 0.3 is 6.03 Å². The highest BCUT2D eigenvalue weighted by molar-refractivity contribution is 7.10. The van der Waals surface area contributed by atoms with E-state index in [1.54, 1.807) is 57.5 Å². The lowest BCUT2D eigenvalue weighted by atomic mass is 10.2. The number of urea groups is 1. The van der Waals surface area contributed by atoms with Gasteiger partial charge in [-0.25, -0.2) is 9.18 Å². The number of anilines is 1. The number of benzene rings is 2. The minimum atomic E-state index is -0.365. The first-order valence-electron chi connectivity index (χ1n) is 12.7. The lowest BCUT2D eigenvalue weighted by molar-refractivity contribution is -0.133. The first-order chi connectivity index (χ1) is 18.4. The number of thiophene rings is 1. The molecule has 0 bridgehead atoms. The molecule has 198 valence electrons. The Morgan fingerprint density at radius 1 is 1.03 bits per heavy atom. The van der Waals surface area contributed by atoms with E-state index in [-0.39, 0.29) is 24.3 Å². The average molecular weight is 534 g/mol. The summed E-state index contributed by atoms with van der Waals surface area (Å²) in [5, 5.41) is 13.9. The molecule has 0 saturated carbocycles. The number of nitriles is 1. The SMILES string of the molecule is Cc1ccsc1CN(Cc1ccc(F)cc1)C(=O)CN(CCN1CCCC1)C(=O)Nc1ccc(C#N)cc1. The minimum absolute atomic E-state index is 0.0818. The number of hydrogen-bond donors (Lipinski definition) is 1. The topological polar surface area (TPSA) is 79.7 Å². The van der Waals surface area contributed by atoms with Crippen molar-refractivity contribution in [2.45, 2.75) is 32.9 Å². The van der Waals surface area contributed by atoms with E-state index >= 15 is 0 Å². The van der Waals surface area contributed by atoms with Crippen molar-refractivity contribution in [3.63, 3.8) is 0 Å². The summed E-state index contributed by atoms with van der Waals surface area (Å²) in [5.41, 5.74) is 2.99. The van der Waals surface area contributed by atoms with Crippen LogP contribution in [0.1, 0.15) is 34.4 Å². The van der Waals surface area contributed by atoms with Crippen LogP contribution in [0.5, 0.6) is 0 Å². The highest BCUT2D eigenvalue weighted by Gasteiger charge is 2.24. The number of amides is 3. The summed E-state index contributed by atoms with van der Waals surface area (Å²) < 4.78 is 13.5. The molecule has 1 saturated heterocycles. The highest BCUT2D eigenvalue weighted by Crippen LogP contribution is 2.20. The zero-order valence-electron chi connectivity index (χ0n) is 21.5. The van der Waals surface area contributed by atoms with Gasteiger partial charge in [-0.2, -0.15) is 5.26 Å². The summed E-state index contributed by atoms with van der Waals surface area (Å²) in [4.78, 5) is 33.7. The predicted molar refractivity (Wildman–Crippen MR) is 147 cm³/mol. The number of carbonyl (C=O) groups excluding carboxylic acids is 2. The van der Waals surface area contributed by atoms with Crippen molar-refractivity contribution in [1.82, 2.24) is 14.7 Å². The smallest absolute Gasteiger partial charge is 0.322 e. The number of nitrogens with one attached hydrogen (secondary N) is 1. The Morgan fingerprint density at radius 3 is 2.37 bits per heavy atom. The average Bonchev–Trinajstić information content (AvgIpc) is 3.59. The molecule has 2 heterocycles. The Kier molecular flexibility index (Phi) is 9.46. The largest absolute Gasteiger partial charge is 0.332 e. The van der Waals surface area contributed by atoms with E-state index in [1.807, 2.05) is 18.4 Å². The van der Waals surface area contributed by atoms with Gasteiger partial charge in [-0.15, -0.1) is 11.3 Å². The molecule has 7 nitrogen and oxygen atoms in total. The number of nitrogens with zero attached hydrogens (tertiary/aromatic N) is 4. The molecule has 1 fully saturated rings. The Hall–Kier alpha value is -3.74. The lowest BCUT2D eigenvalue weighted by Crippen LogP contribution is -2.46. The van der Waals surface area contributed by atoms with Crippen LogP contribution in [0.25, 0.3) is 0 Å². The molecule has 4 rings (SSSR count). The Labute approximate surface area is 227 Å². The highest BCUT2D eigenvalue weighted by atomic mass is 32.1. The molecule has 0 atom stereocenters. The van der Waals surface area contributed by atoms with Crippen molar-refractivity contribution in [2.75, 3.05) is 38.0 Å². The number of rotatable bonds is 10. The van der Waals surface area contributed by atoms with E-state index in [9.17, 15) is 14.0 Å². The normalized spacial score (nSPS) is 13.2. The van der Waals surface area contributed by atoms with Crippen molar-refractivity contribution >= 4 is 29.0 Å². The zero-order valence-corrected chi connectivity index (χ0v) is 22.3. The summed E-state index contributed by atoms with van der Waals surface area (Å²) in [6, 6.07) is 16.5. The third kappa shape index (κ3) is 7.63. The van der Waals surface area contributed by atoms with Crippen LogP contribution < -0.4 is 5.32 Å². The summed E-state index contributed by atoms with van der Waals surface area (Å²) in [6.45, 7) is 5.75. The number of carbonyl (C=O) groups is 2. The Morgan fingerprint density at radius 2 is 1.74 bits per heavy atom. The van der Waals surface area contributed by atoms with Gasteiger partial charge in [0.05, 0.1) is 18.2 Å². The second kappa shape index (κ2) is 13.2. The Balaban J connectivity index is 1.50. The maximum Gasteiger partial charge on any atom is 0.322 e. The van der Waals surface area contributed by atoms with Gasteiger partial charge < -0.3 is 20.0 Å². The van der Waals surface area contributed by atoms with Gasteiger partial charge in [-0.3, -0.25) is 4.79 Å². The van der Waals surface area contributed by atoms with E-state index < -0.39 is 0 Å². The van der Waals surface area contributed by atoms with Crippen LogP contribution in [0.4, 0.5) is 14.9 Å². The molecule has 0 unspecified atom stereocenters. The maximum absolute atomic E-state index is 13.7. The number of aryl methyl sites for hydroxylation is 1. The molecule has 2 aromatic carbocycles. The van der Waals surface area contributed by atoms with E-state index in [2.05, 4.69) is 16.3 Å². The Bertz CT molecular complexity index is 1260. The van der Waals surface area contributed by atoms with Gasteiger partial charge in [0.25, 0.3) is 0 Å². The first-order valence-corrected chi connectivity index (χ1v) is 13.6. The van der Waals surface area contributed by atoms with E-state index in [0.29, 0.717) is 37.4 Å². The van der Waals surface area contributed by atoms with Crippen LogP contribution in [0.15, 0.2) is 60.0 Å². The van der Waals surface area contributed by atoms with Gasteiger partial charge in [0.2, 0.25) is 5.91 Å². The van der Waals surface area contributed by atoms with Crippen molar-refractivity contribution in [3.8, 4) is 6.07 Å². The number of likely N-dealkylation sites (tertiary alicyclic amines) is 1. The van der Waals surface area contributed by atoms with Crippen LogP contribution in [0, 0.1) is 24.1 Å². The summed E-state index contributed by atoms with van der Waals surface area (Å²) in [7, 11) is 0. The van der Waals surface area contributed by atoms with Crippen LogP contribution in [-0.4, -0.2) is 59.4 Å². The van der Waals surface area contributed by atoms with Crippen molar-refractivity contribution in [3.05, 3.63) is 87.4 Å². The minimum Gasteiger partial charge on any atom is -0.332 e. The van der Waals surface area contributed by atoms with Gasteiger partial charge in [0.1, 0.15) is 12.4 Å². The molecular weight excluding hydrogens is 501 g/mol. The molecule has 38 heavy (non-hydrogen) atoms. The molecule has 3 aromatic rings. The standard InChI is InChI=1S/C29H32FN5O2S/c1-22-12-17-38-27(22)20-35(19-24-4-8-25(30)9-5-24)28(36)21-34(16-15-33-13-2-3-14-33)29(37)32-26-10-6-23(18-31)7-11-26/h4-12,17H,2-3,13-16,19-21H2,1H3,(H,32,37). The fourth-order valence-corrected chi connectivity index (χ4v) is 5.32. The summed E-state index contributed by atoms with van der Waals surface area (Å²) in [5.74, 6) is -0.508. The molecule has 1 aliphatic rings. The molecule has 9 heteroatoms.